The van der Waals surface area contributed by atoms with E-state index < -0.39 is 0 Å². The lowest BCUT2D eigenvalue weighted by molar-refractivity contribution is -0.0594. The normalized spacial score (nSPS) is 28.5. The highest BCUT2D eigenvalue weighted by molar-refractivity contribution is 5.47. The summed E-state index contributed by atoms with van der Waals surface area (Å²) in [5, 5.41) is 7.89. The molecular formula is C38H50N2O5. The fourth-order valence-corrected chi connectivity index (χ4v) is 7.97. The molecule has 0 amide bonds. The Balaban J connectivity index is 1.36. The van der Waals surface area contributed by atoms with Crippen molar-refractivity contribution in [3.05, 3.63) is 95.1 Å². The number of nitrogens with one attached hydrogen (secondary N) is 2. The Morgan fingerprint density at radius 2 is 1.13 bits per heavy atom. The first-order valence-corrected chi connectivity index (χ1v) is 16.8. The van der Waals surface area contributed by atoms with E-state index >= 15 is 0 Å². The van der Waals surface area contributed by atoms with E-state index in [1.54, 1.807) is 14.2 Å². The van der Waals surface area contributed by atoms with Crippen molar-refractivity contribution in [1.29, 1.82) is 0 Å². The van der Waals surface area contributed by atoms with Crippen LogP contribution in [0.2, 0.25) is 0 Å². The third kappa shape index (κ3) is 6.93. The van der Waals surface area contributed by atoms with E-state index in [4.69, 9.17) is 23.7 Å². The van der Waals surface area contributed by atoms with E-state index in [2.05, 4.69) is 71.3 Å². The van der Waals surface area contributed by atoms with Gasteiger partial charge in [0.1, 0.15) is 11.5 Å². The summed E-state index contributed by atoms with van der Waals surface area (Å²) in [6, 6.07) is 25.7. The lowest BCUT2D eigenvalue weighted by atomic mass is 9.74. The third-order valence-corrected chi connectivity index (χ3v) is 10.2. The van der Waals surface area contributed by atoms with Gasteiger partial charge in [0.25, 0.3) is 0 Å². The Morgan fingerprint density at radius 1 is 0.644 bits per heavy atom. The molecule has 2 bridgehead atoms. The van der Waals surface area contributed by atoms with Gasteiger partial charge in [-0.2, -0.15) is 0 Å². The fraction of sp³-hybridized carbons (Fsp3) is 0.526. The molecule has 242 valence electrons. The maximum absolute atomic E-state index is 6.90. The lowest BCUT2D eigenvalue weighted by Gasteiger charge is -2.46. The molecule has 45 heavy (non-hydrogen) atoms. The van der Waals surface area contributed by atoms with Gasteiger partial charge in [0, 0.05) is 24.2 Å². The minimum Gasteiger partial charge on any atom is -0.497 e. The molecule has 0 unspecified atom stereocenters. The molecule has 2 fully saturated rings. The molecule has 2 saturated carbocycles. The molecule has 4 atom stereocenters. The highest BCUT2D eigenvalue weighted by Gasteiger charge is 2.44. The Bertz CT molecular complexity index is 1260. The number of hydrogen-bond donors (Lipinski definition) is 2. The Kier molecular flexibility index (Phi) is 10.7. The van der Waals surface area contributed by atoms with Crippen molar-refractivity contribution < 1.29 is 23.7 Å². The van der Waals surface area contributed by atoms with Crippen LogP contribution in [0.5, 0.6) is 11.5 Å². The molecule has 7 heteroatoms. The quantitative estimate of drug-likeness (QED) is 0.342. The first-order valence-electron chi connectivity index (χ1n) is 16.8. The van der Waals surface area contributed by atoms with Gasteiger partial charge in [0.2, 0.25) is 0 Å². The van der Waals surface area contributed by atoms with Gasteiger partial charge < -0.3 is 34.3 Å². The van der Waals surface area contributed by atoms with Crippen LogP contribution in [0.25, 0.3) is 0 Å². The second-order valence-electron chi connectivity index (χ2n) is 12.7. The number of rotatable bonds is 4. The second kappa shape index (κ2) is 15.1. The van der Waals surface area contributed by atoms with Crippen molar-refractivity contribution in [3.8, 4) is 11.5 Å². The largest absolute Gasteiger partial charge is 0.497 e. The summed E-state index contributed by atoms with van der Waals surface area (Å²) in [7, 11) is 3.46. The van der Waals surface area contributed by atoms with Crippen LogP contribution >= 0.6 is 0 Å². The SMILES string of the molecule is COc1cc2c(OC)c(c1)CO[C@@H]1CCCC[C@]1(c1ccccc1)NCCOCCN[C@@]1(c3ccccc3)CCCC[C@H]1OC2. The topological polar surface area (TPSA) is 70.2 Å². The molecule has 3 aliphatic rings. The number of ether oxygens (including phenoxy) is 5. The van der Waals surface area contributed by atoms with Crippen LogP contribution in [-0.4, -0.2) is 52.7 Å². The van der Waals surface area contributed by atoms with E-state index in [0.717, 1.165) is 87.1 Å². The average Bonchev–Trinajstić information content (AvgIpc) is 3.10. The summed E-state index contributed by atoms with van der Waals surface area (Å²) in [5.41, 5.74) is 3.90. The highest BCUT2D eigenvalue weighted by atomic mass is 16.5. The second-order valence-corrected chi connectivity index (χ2v) is 12.7. The monoisotopic (exact) mass is 614 g/mol. The van der Waals surface area contributed by atoms with Crippen molar-refractivity contribution in [3.63, 3.8) is 0 Å². The van der Waals surface area contributed by atoms with Crippen molar-refractivity contribution in [1.82, 2.24) is 10.6 Å². The van der Waals surface area contributed by atoms with E-state index in [-0.39, 0.29) is 23.3 Å². The molecule has 0 spiro atoms. The third-order valence-electron chi connectivity index (χ3n) is 10.2. The predicted octanol–water partition coefficient (Wildman–Crippen LogP) is 6.62. The number of benzene rings is 3. The van der Waals surface area contributed by atoms with E-state index in [0.29, 0.717) is 26.4 Å². The zero-order valence-electron chi connectivity index (χ0n) is 27.0. The molecule has 7 nitrogen and oxygen atoms in total. The van der Waals surface area contributed by atoms with Gasteiger partial charge in [-0.05, 0) is 48.9 Å². The van der Waals surface area contributed by atoms with Crippen molar-refractivity contribution in [2.75, 3.05) is 40.5 Å². The summed E-state index contributed by atoms with van der Waals surface area (Å²) in [6.07, 6.45) is 8.58. The molecule has 3 aromatic carbocycles. The minimum absolute atomic E-state index is 0.00136. The Morgan fingerprint density at radius 3 is 1.58 bits per heavy atom. The summed E-state index contributed by atoms with van der Waals surface area (Å²) in [4.78, 5) is 0. The highest BCUT2D eigenvalue weighted by Crippen LogP contribution is 2.42. The maximum atomic E-state index is 6.90. The van der Waals surface area contributed by atoms with Crippen molar-refractivity contribution >= 4 is 0 Å². The van der Waals surface area contributed by atoms with Crippen LogP contribution in [-0.2, 0) is 38.5 Å². The van der Waals surface area contributed by atoms with Gasteiger partial charge in [-0.15, -0.1) is 0 Å². The lowest BCUT2D eigenvalue weighted by Crippen LogP contribution is -2.55. The first-order chi connectivity index (χ1) is 22.2. The van der Waals surface area contributed by atoms with E-state index in [9.17, 15) is 0 Å². The molecule has 2 N–H and O–H groups in total. The van der Waals surface area contributed by atoms with E-state index in [1.807, 2.05) is 12.1 Å². The number of methoxy groups -OCH3 is 2. The van der Waals surface area contributed by atoms with Crippen molar-refractivity contribution in [2.45, 2.75) is 87.9 Å². The van der Waals surface area contributed by atoms with Gasteiger partial charge in [0.05, 0.1) is 63.9 Å². The zero-order valence-corrected chi connectivity index (χ0v) is 27.0. The van der Waals surface area contributed by atoms with Gasteiger partial charge in [-0.1, -0.05) is 86.3 Å². The molecule has 2 aliphatic carbocycles. The van der Waals surface area contributed by atoms with Crippen molar-refractivity contribution in [2.24, 2.45) is 0 Å². The molecule has 1 heterocycles. The van der Waals surface area contributed by atoms with E-state index in [1.165, 1.54) is 11.1 Å². The summed E-state index contributed by atoms with van der Waals surface area (Å²) in [6.45, 7) is 3.60. The minimum atomic E-state index is -0.294. The molecule has 6 rings (SSSR count). The van der Waals surface area contributed by atoms with Crippen LogP contribution in [0.1, 0.15) is 73.6 Å². The van der Waals surface area contributed by atoms with Crippen LogP contribution in [0, 0.1) is 0 Å². The van der Waals surface area contributed by atoms with Crippen LogP contribution in [0.4, 0.5) is 0 Å². The Hall–Kier alpha value is -2.94. The average molecular weight is 615 g/mol. The van der Waals surface area contributed by atoms with Crippen LogP contribution < -0.4 is 20.1 Å². The first kappa shape index (κ1) is 32.0. The van der Waals surface area contributed by atoms with Gasteiger partial charge in [-0.3, -0.25) is 0 Å². The predicted molar refractivity (Wildman–Crippen MR) is 177 cm³/mol. The standard InChI is InChI=1S/C38H50N2O5/c1-41-33-25-29-27-44-34-17-9-11-19-37(34,31-13-5-3-6-14-31)39-21-23-43-24-22-40-38(32-15-7-4-8-16-32)20-12-10-18-35(38)45-28-30(26-33)36(29)42-2/h3-8,13-16,25-26,34-35,39-40H,9-12,17-24,27-28H2,1-2H3/t34-,35-,37-,38-/m1/s1. The molecule has 1 aliphatic heterocycles. The molecule has 0 aromatic heterocycles. The summed E-state index contributed by atoms with van der Waals surface area (Å²) >= 11 is 0. The number of fused-ring (bicyclic) bond motifs is 4. The molecular weight excluding hydrogens is 564 g/mol. The summed E-state index contributed by atoms with van der Waals surface area (Å²) < 4.78 is 31.9. The summed E-state index contributed by atoms with van der Waals surface area (Å²) in [5.74, 6) is 1.60. The molecule has 0 radical (unpaired) electrons. The molecule has 3 aromatic rings. The van der Waals surface area contributed by atoms with Gasteiger partial charge in [0.15, 0.2) is 0 Å². The van der Waals surface area contributed by atoms with Gasteiger partial charge in [-0.25, -0.2) is 0 Å². The fourth-order valence-electron chi connectivity index (χ4n) is 7.97. The zero-order chi connectivity index (χ0) is 31.0. The van der Waals surface area contributed by atoms with Gasteiger partial charge >= 0.3 is 0 Å². The number of hydrogen-bond acceptors (Lipinski definition) is 7. The molecule has 0 saturated heterocycles. The Labute approximate surface area is 268 Å². The smallest absolute Gasteiger partial charge is 0.130 e. The van der Waals surface area contributed by atoms with Crippen LogP contribution in [0.15, 0.2) is 72.8 Å². The maximum Gasteiger partial charge on any atom is 0.130 e. The van der Waals surface area contributed by atoms with Crippen LogP contribution in [0.3, 0.4) is 0 Å².